The molecule has 0 heterocycles. The lowest BCUT2D eigenvalue weighted by molar-refractivity contribution is 0.158. The summed E-state index contributed by atoms with van der Waals surface area (Å²) in [6.07, 6.45) is 19.4. The van der Waals surface area contributed by atoms with Crippen molar-refractivity contribution in [2.75, 3.05) is 0 Å². The Balaban J connectivity index is 1.52. The number of aliphatic hydroxyl groups excluding tert-OH is 1. The van der Waals surface area contributed by atoms with Crippen LogP contribution >= 0.6 is 0 Å². The second-order valence-corrected chi connectivity index (χ2v) is 15.5. The van der Waals surface area contributed by atoms with Gasteiger partial charge in [0.25, 0.3) is 0 Å². The summed E-state index contributed by atoms with van der Waals surface area (Å²) in [6, 6.07) is 0. The highest BCUT2D eigenvalue weighted by Gasteiger charge is 2.56. The predicted octanol–water partition coefficient (Wildman–Crippen LogP) is 7.01. The van der Waals surface area contributed by atoms with E-state index in [2.05, 4.69) is 44.7 Å². The molecule has 3 nitrogen and oxygen atoms in total. The minimum atomic E-state index is -3.20. The molecule has 4 atom stereocenters. The summed E-state index contributed by atoms with van der Waals surface area (Å²) in [4.78, 5) is 0. The maximum atomic E-state index is 13.1. The second kappa shape index (κ2) is 8.92. The third kappa shape index (κ3) is 4.46. The van der Waals surface area contributed by atoms with E-state index in [9.17, 15) is 13.5 Å². The first kappa shape index (κ1) is 25.7. The third-order valence-electron chi connectivity index (χ3n) is 9.06. The standard InChI is InChI=1S/C30H44O3S/c1-21-9-12-25(31)20-24(21)11-10-23-8-7-16-29(6)26(13-14-27(23)29)22(2)15-17-30(18-19-30)34(32,33)28(3,4)5/h10-11,13,15,17,22,25,27,31H,1,7-9,12,14,16,18-20H2,2-6H3/b17-15+,23-10+,24-11-/t22-,25+,27+,29-/m1/s1. The van der Waals surface area contributed by atoms with Crippen LogP contribution in [0.4, 0.5) is 0 Å². The van der Waals surface area contributed by atoms with Crippen LogP contribution in [0.3, 0.4) is 0 Å². The Hall–Kier alpha value is -1.39. The van der Waals surface area contributed by atoms with Gasteiger partial charge in [0, 0.05) is 0 Å². The van der Waals surface area contributed by atoms with E-state index < -0.39 is 19.3 Å². The van der Waals surface area contributed by atoms with Crippen LogP contribution in [0.1, 0.15) is 92.4 Å². The van der Waals surface area contributed by atoms with E-state index in [1.807, 2.05) is 26.8 Å². The first-order valence-corrected chi connectivity index (χ1v) is 14.7. The molecule has 3 saturated carbocycles. The molecule has 4 aliphatic rings. The van der Waals surface area contributed by atoms with Crippen LogP contribution in [-0.4, -0.2) is 29.1 Å². The number of hydrogen-bond acceptors (Lipinski definition) is 3. The van der Waals surface area contributed by atoms with Gasteiger partial charge in [0.2, 0.25) is 0 Å². The minimum Gasteiger partial charge on any atom is -0.393 e. The number of allylic oxidation sites excluding steroid dienone is 7. The van der Waals surface area contributed by atoms with Crippen LogP contribution in [-0.2, 0) is 9.84 Å². The first-order chi connectivity index (χ1) is 15.8. The Labute approximate surface area is 207 Å². The second-order valence-electron chi connectivity index (χ2n) is 12.5. The summed E-state index contributed by atoms with van der Waals surface area (Å²) in [6.45, 7) is 14.3. The molecule has 0 amide bonds. The lowest BCUT2D eigenvalue weighted by atomic mass is 9.62. The van der Waals surface area contributed by atoms with E-state index in [0.29, 0.717) is 5.92 Å². The highest BCUT2D eigenvalue weighted by molar-refractivity contribution is 7.94. The van der Waals surface area contributed by atoms with Gasteiger partial charge in [-0.25, -0.2) is 8.42 Å². The summed E-state index contributed by atoms with van der Waals surface area (Å²) >= 11 is 0. The zero-order valence-corrected chi connectivity index (χ0v) is 22.7. The average Bonchev–Trinajstić information content (AvgIpc) is 3.47. The molecular weight excluding hydrogens is 440 g/mol. The molecule has 0 aromatic rings. The van der Waals surface area contributed by atoms with E-state index in [1.165, 1.54) is 35.1 Å². The molecule has 0 radical (unpaired) electrons. The van der Waals surface area contributed by atoms with Crippen molar-refractivity contribution in [1.29, 1.82) is 0 Å². The maximum Gasteiger partial charge on any atom is 0.164 e. The minimum absolute atomic E-state index is 0.134. The number of hydrogen-bond donors (Lipinski definition) is 1. The Kier molecular flexibility index (Phi) is 6.74. The van der Waals surface area contributed by atoms with Crippen LogP contribution in [0.25, 0.3) is 0 Å². The van der Waals surface area contributed by atoms with Crippen LogP contribution in [0.15, 0.2) is 59.3 Å². The largest absolute Gasteiger partial charge is 0.393 e. The lowest BCUT2D eigenvalue weighted by Crippen LogP contribution is -2.38. The van der Waals surface area contributed by atoms with Gasteiger partial charge in [-0.3, -0.25) is 0 Å². The predicted molar refractivity (Wildman–Crippen MR) is 142 cm³/mol. The molecule has 0 unspecified atom stereocenters. The lowest BCUT2D eigenvalue weighted by Gasteiger charge is -2.42. The van der Waals surface area contributed by atoms with Crippen LogP contribution < -0.4 is 0 Å². The molecule has 188 valence electrons. The molecule has 0 aromatic carbocycles. The maximum absolute atomic E-state index is 13.1. The Bertz CT molecular complexity index is 1060. The number of aliphatic hydroxyl groups is 1. The van der Waals surface area contributed by atoms with Crippen molar-refractivity contribution in [3.8, 4) is 0 Å². The summed E-state index contributed by atoms with van der Waals surface area (Å²) in [5.74, 6) is 0.757. The van der Waals surface area contributed by atoms with Crippen molar-refractivity contribution < 1.29 is 13.5 Å². The molecule has 4 rings (SSSR count). The van der Waals surface area contributed by atoms with Crippen molar-refractivity contribution in [2.45, 2.75) is 108 Å². The smallest absolute Gasteiger partial charge is 0.164 e. The molecule has 4 heteroatoms. The monoisotopic (exact) mass is 484 g/mol. The number of sulfone groups is 1. The molecule has 1 N–H and O–H groups in total. The molecule has 4 aliphatic carbocycles. The van der Waals surface area contributed by atoms with Gasteiger partial charge >= 0.3 is 0 Å². The van der Waals surface area contributed by atoms with E-state index in [0.717, 1.165) is 44.9 Å². The first-order valence-electron chi connectivity index (χ1n) is 13.2. The van der Waals surface area contributed by atoms with Gasteiger partial charge in [0.1, 0.15) is 0 Å². The summed E-state index contributed by atoms with van der Waals surface area (Å²) in [5, 5.41) is 10.1. The fourth-order valence-electron chi connectivity index (χ4n) is 6.63. The van der Waals surface area contributed by atoms with E-state index >= 15 is 0 Å². The van der Waals surface area contributed by atoms with Gasteiger partial charge in [-0.1, -0.05) is 67.5 Å². The number of rotatable bonds is 5. The number of fused-ring (bicyclic) bond motifs is 1. The summed E-state index contributed by atoms with van der Waals surface area (Å²) in [7, 11) is -3.20. The fraction of sp³-hybridized carbons (Fsp3) is 0.667. The van der Waals surface area contributed by atoms with Gasteiger partial charge in [-0.15, -0.1) is 0 Å². The van der Waals surface area contributed by atoms with Crippen LogP contribution in [0.2, 0.25) is 0 Å². The van der Waals surface area contributed by atoms with Gasteiger partial charge in [-0.05, 0) is 101 Å². The van der Waals surface area contributed by atoms with Crippen molar-refractivity contribution in [2.24, 2.45) is 17.3 Å². The quantitative estimate of drug-likeness (QED) is 0.427. The van der Waals surface area contributed by atoms with Gasteiger partial charge in [0.05, 0.1) is 15.6 Å². The molecule has 0 aromatic heterocycles. The molecule has 34 heavy (non-hydrogen) atoms. The summed E-state index contributed by atoms with van der Waals surface area (Å²) in [5.41, 5.74) is 5.51. The van der Waals surface area contributed by atoms with Crippen molar-refractivity contribution >= 4 is 9.84 Å². The average molecular weight is 485 g/mol. The van der Waals surface area contributed by atoms with Gasteiger partial charge < -0.3 is 5.11 Å². The van der Waals surface area contributed by atoms with Crippen molar-refractivity contribution in [3.63, 3.8) is 0 Å². The van der Waals surface area contributed by atoms with E-state index in [4.69, 9.17) is 0 Å². The normalized spacial score (nSPS) is 35.0. The third-order valence-corrected chi connectivity index (χ3v) is 12.3. The molecular formula is C30H44O3S. The van der Waals surface area contributed by atoms with Crippen molar-refractivity contribution in [3.05, 3.63) is 59.3 Å². The van der Waals surface area contributed by atoms with Gasteiger partial charge in [-0.2, -0.15) is 0 Å². The molecule has 0 aliphatic heterocycles. The Morgan fingerprint density at radius 3 is 2.53 bits per heavy atom. The Morgan fingerprint density at radius 1 is 1.18 bits per heavy atom. The highest BCUT2D eigenvalue weighted by Crippen LogP contribution is 2.57. The fourth-order valence-corrected chi connectivity index (χ4v) is 8.75. The Morgan fingerprint density at radius 2 is 1.88 bits per heavy atom. The van der Waals surface area contributed by atoms with E-state index in [1.54, 1.807) is 0 Å². The molecule has 0 bridgehead atoms. The zero-order valence-electron chi connectivity index (χ0n) is 21.9. The van der Waals surface area contributed by atoms with E-state index in [-0.39, 0.29) is 17.4 Å². The summed E-state index contributed by atoms with van der Waals surface area (Å²) < 4.78 is 24.9. The topological polar surface area (TPSA) is 54.4 Å². The zero-order chi connectivity index (χ0) is 24.9. The molecule has 0 spiro atoms. The molecule has 0 saturated heterocycles. The van der Waals surface area contributed by atoms with Crippen molar-refractivity contribution in [1.82, 2.24) is 0 Å². The van der Waals surface area contributed by atoms with Crippen LogP contribution in [0.5, 0.6) is 0 Å². The highest BCUT2D eigenvalue weighted by atomic mass is 32.2. The van der Waals surface area contributed by atoms with Crippen LogP contribution in [0, 0.1) is 17.3 Å². The van der Waals surface area contributed by atoms with Gasteiger partial charge in [0.15, 0.2) is 9.84 Å². The SMILES string of the molecule is C=C1CC[C@H](O)C/C1=C/C=C1\CCC[C@]2(C)C([C@H](C)/C=C/C3(S(=O)(=O)C(C)(C)C)CC3)=CC[C@@H]12. The molecule has 3 fully saturated rings.